The van der Waals surface area contributed by atoms with Crippen LogP contribution in [-0.4, -0.2) is 30.0 Å². The van der Waals surface area contributed by atoms with Crippen LogP contribution in [-0.2, 0) is 34.0 Å². The zero-order chi connectivity index (χ0) is 25.3. The first-order chi connectivity index (χ1) is 18.3. The monoisotopic (exact) mass is 495 g/mol. The van der Waals surface area contributed by atoms with Crippen LogP contribution in [0.2, 0.25) is 0 Å². The fourth-order valence-electron chi connectivity index (χ4n) is 4.81. The van der Waals surface area contributed by atoms with Crippen molar-refractivity contribution in [1.82, 2.24) is 5.32 Å². The van der Waals surface area contributed by atoms with E-state index in [0.29, 0.717) is 26.4 Å². The normalized spacial score (nSPS) is 21.2. The molecule has 1 aliphatic heterocycles. The molecular formula is C32H33NO4. The minimum atomic E-state index is -0.331. The van der Waals surface area contributed by atoms with Crippen LogP contribution < -0.4 is 5.32 Å². The van der Waals surface area contributed by atoms with Gasteiger partial charge in [0.25, 0.3) is 0 Å². The van der Waals surface area contributed by atoms with Crippen LogP contribution in [0.1, 0.15) is 28.3 Å². The van der Waals surface area contributed by atoms with E-state index in [2.05, 4.69) is 41.7 Å². The summed E-state index contributed by atoms with van der Waals surface area (Å²) in [6, 6.07) is 37.4. The van der Waals surface area contributed by atoms with Crippen molar-refractivity contribution in [1.29, 1.82) is 0 Å². The number of hydrogen-bond acceptors (Lipinski definition) is 5. The second-order valence-corrected chi connectivity index (χ2v) is 9.33. The first kappa shape index (κ1) is 25.2. The molecule has 1 heterocycles. The summed E-state index contributed by atoms with van der Waals surface area (Å²) in [5.74, 6) is 0.237. The Bertz CT molecular complexity index is 1220. The number of aromatic hydroxyl groups is 1. The van der Waals surface area contributed by atoms with Crippen LogP contribution in [0, 0.1) is 0 Å². The van der Waals surface area contributed by atoms with Gasteiger partial charge in [0.2, 0.25) is 0 Å². The average Bonchev–Trinajstić information content (AvgIpc) is 3.29. The van der Waals surface area contributed by atoms with Crippen molar-refractivity contribution in [2.24, 2.45) is 0 Å². The minimum absolute atomic E-state index is 0.127. The predicted octanol–water partition coefficient (Wildman–Crippen LogP) is 5.79. The van der Waals surface area contributed by atoms with E-state index in [1.807, 2.05) is 72.8 Å². The van der Waals surface area contributed by atoms with Gasteiger partial charge in [0.05, 0.1) is 38.5 Å². The van der Waals surface area contributed by atoms with Crippen LogP contribution in [0.25, 0.3) is 0 Å². The van der Waals surface area contributed by atoms with Crippen molar-refractivity contribution in [3.8, 4) is 5.75 Å². The zero-order valence-corrected chi connectivity index (χ0v) is 20.8. The van der Waals surface area contributed by atoms with Gasteiger partial charge in [0.1, 0.15) is 18.0 Å². The first-order valence-corrected chi connectivity index (χ1v) is 12.7. The van der Waals surface area contributed by atoms with Crippen molar-refractivity contribution >= 4 is 0 Å². The summed E-state index contributed by atoms with van der Waals surface area (Å²) in [6.07, 6.45) is -0.619. The number of phenols is 1. The highest BCUT2D eigenvalue weighted by Gasteiger charge is 2.46. The Morgan fingerprint density at radius 3 is 1.62 bits per heavy atom. The number of para-hydroxylation sites is 1. The zero-order valence-electron chi connectivity index (χ0n) is 20.8. The van der Waals surface area contributed by atoms with Gasteiger partial charge in [0, 0.05) is 5.56 Å². The van der Waals surface area contributed by atoms with E-state index in [9.17, 15) is 5.11 Å². The molecule has 0 aromatic heterocycles. The molecular weight excluding hydrogens is 462 g/mol. The van der Waals surface area contributed by atoms with Crippen molar-refractivity contribution in [3.05, 3.63) is 138 Å². The summed E-state index contributed by atoms with van der Waals surface area (Å²) in [7, 11) is 0. The van der Waals surface area contributed by atoms with Gasteiger partial charge in [-0.1, -0.05) is 109 Å². The summed E-state index contributed by atoms with van der Waals surface area (Å²) in [5, 5.41) is 14.4. The molecule has 5 heteroatoms. The number of nitrogens with one attached hydrogen (secondary N) is 1. The largest absolute Gasteiger partial charge is 0.508 e. The van der Waals surface area contributed by atoms with Crippen molar-refractivity contribution < 1.29 is 19.3 Å². The maximum absolute atomic E-state index is 10.7. The van der Waals surface area contributed by atoms with Crippen molar-refractivity contribution in [2.45, 2.75) is 44.1 Å². The van der Waals surface area contributed by atoms with Crippen LogP contribution in [0.3, 0.4) is 0 Å². The minimum Gasteiger partial charge on any atom is -0.508 e. The first-order valence-electron chi connectivity index (χ1n) is 12.7. The van der Waals surface area contributed by atoms with E-state index in [0.717, 1.165) is 22.3 Å². The van der Waals surface area contributed by atoms with E-state index in [1.54, 1.807) is 6.07 Å². The molecule has 0 unspecified atom stereocenters. The fraction of sp³-hybridized carbons (Fsp3) is 0.250. The lowest BCUT2D eigenvalue weighted by atomic mass is 9.99. The van der Waals surface area contributed by atoms with E-state index < -0.39 is 0 Å². The average molecular weight is 496 g/mol. The molecule has 4 aromatic carbocycles. The molecule has 0 radical (unpaired) electrons. The van der Waals surface area contributed by atoms with Gasteiger partial charge in [-0.05, 0) is 22.8 Å². The highest BCUT2D eigenvalue weighted by Crippen LogP contribution is 2.37. The lowest BCUT2D eigenvalue weighted by molar-refractivity contribution is -0.0862. The standard InChI is InChI=1S/C32H33NO4/c34-29-19-11-10-18-27(29)30-32(37-22-26-16-8-3-9-17-26)31(36-21-25-14-6-2-7-15-25)28(33-30)23-35-20-24-12-4-1-5-13-24/h1-19,28,30-34H,20-23H2/t28-,30+,31+,32+/m0/s1. The lowest BCUT2D eigenvalue weighted by Crippen LogP contribution is -2.39. The maximum Gasteiger partial charge on any atom is 0.120 e. The highest BCUT2D eigenvalue weighted by molar-refractivity contribution is 5.37. The fourth-order valence-corrected chi connectivity index (χ4v) is 4.81. The number of hydrogen-bond donors (Lipinski definition) is 2. The van der Waals surface area contributed by atoms with Gasteiger partial charge >= 0.3 is 0 Å². The molecule has 0 aliphatic carbocycles. The lowest BCUT2D eigenvalue weighted by Gasteiger charge is -2.27. The van der Waals surface area contributed by atoms with E-state index in [-0.39, 0.29) is 30.0 Å². The molecule has 190 valence electrons. The van der Waals surface area contributed by atoms with Gasteiger partial charge in [0.15, 0.2) is 0 Å². The third-order valence-electron chi connectivity index (χ3n) is 6.69. The summed E-state index contributed by atoms with van der Waals surface area (Å²) < 4.78 is 19.3. The molecule has 5 nitrogen and oxygen atoms in total. The van der Waals surface area contributed by atoms with Gasteiger partial charge < -0.3 is 24.6 Å². The molecule has 1 aliphatic rings. The molecule has 1 fully saturated rings. The summed E-state index contributed by atoms with van der Waals surface area (Å²) in [4.78, 5) is 0. The Morgan fingerprint density at radius 1 is 0.568 bits per heavy atom. The molecule has 0 saturated carbocycles. The summed E-state index contributed by atoms with van der Waals surface area (Å²) >= 11 is 0. The quantitative estimate of drug-likeness (QED) is 0.276. The molecule has 0 spiro atoms. The summed E-state index contributed by atoms with van der Waals surface area (Å²) in [6.45, 7) is 1.87. The Kier molecular flexibility index (Phi) is 8.62. The predicted molar refractivity (Wildman–Crippen MR) is 144 cm³/mol. The number of rotatable bonds is 11. The molecule has 0 amide bonds. The SMILES string of the molecule is Oc1ccccc1[C@H]1N[C@@H](COCc2ccccc2)[C@@H](OCc2ccccc2)[C@@H]1OCc1ccccc1. The molecule has 5 rings (SSSR count). The van der Waals surface area contributed by atoms with Gasteiger partial charge in [-0.3, -0.25) is 0 Å². The van der Waals surface area contributed by atoms with E-state index >= 15 is 0 Å². The van der Waals surface area contributed by atoms with Crippen LogP contribution in [0.15, 0.2) is 115 Å². The second kappa shape index (κ2) is 12.7. The van der Waals surface area contributed by atoms with E-state index in [4.69, 9.17) is 14.2 Å². The van der Waals surface area contributed by atoms with Crippen LogP contribution >= 0.6 is 0 Å². The van der Waals surface area contributed by atoms with Crippen LogP contribution in [0.4, 0.5) is 0 Å². The van der Waals surface area contributed by atoms with Gasteiger partial charge in [-0.25, -0.2) is 0 Å². The molecule has 0 bridgehead atoms. The second-order valence-electron chi connectivity index (χ2n) is 9.33. The van der Waals surface area contributed by atoms with Gasteiger partial charge in [-0.15, -0.1) is 0 Å². The third-order valence-corrected chi connectivity index (χ3v) is 6.69. The molecule has 37 heavy (non-hydrogen) atoms. The Balaban J connectivity index is 1.38. The molecule has 4 aromatic rings. The third kappa shape index (κ3) is 6.64. The maximum atomic E-state index is 10.7. The Morgan fingerprint density at radius 2 is 1.05 bits per heavy atom. The molecule has 4 atom stereocenters. The Hall–Kier alpha value is -3.48. The molecule has 2 N–H and O–H groups in total. The highest BCUT2D eigenvalue weighted by atomic mass is 16.5. The van der Waals surface area contributed by atoms with Crippen LogP contribution in [0.5, 0.6) is 5.75 Å². The number of ether oxygens (including phenoxy) is 3. The smallest absolute Gasteiger partial charge is 0.120 e. The van der Waals surface area contributed by atoms with Crippen molar-refractivity contribution in [3.63, 3.8) is 0 Å². The summed E-state index contributed by atoms with van der Waals surface area (Å²) in [5.41, 5.74) is 4.10. The molecule has 1 saturated heterocycles. The number of benzene rings is 4. The number of phenolic OH excluding ortho intramolecular Hbond substituents is 1. The van der Waals surface area contributed by atoms with E-state index in [1.165, 1.54) is 0 Å². The topological polar surface area (TPSA) is 60.0 Å². The Labute approximate surface area is 218 Å². The van der Waals surface area contributed by atoms with Crippen molar-refractivity contribution in [2.75, 3.05) is 6.61 Å². The van der Waals surface area contributed by atoms with Gasteiger partial charge in [-0.2, -0.15) is 0 Å².